The van der Waals surface area contributed by atoms with E-state index in [0.717, 1.165) is 44.6 Å². The predicted molar refractivity (Wildman–Crippen MR) is 333 cm³/mol. The van der Waals surface area contributed by atoms with Crippen LogP contribution >= 0.6 is 0 Å². The van der Waals surface area contributed by atoms with Gasteiger partial charge in [0.25, 0.3) is 6.33 Å². The Labute approximate surface area is 531 Å². The third-order valence-electron chi connectivity index (χ3n) is 14.5. The summed E-state index contributed by atoms with van der Waals surface area (Å²) in [5.74, 6) is 0.838. The molecule has 400 valence electrons. The molecule has 8 aromatic carbocycles. The van der Waals surface area contributed by atoms with Crippen LogP contribution in [0.5, 0.6) is 11.5 Å². The van der Waals surface area contributed by atoms with Crippen LogP contribution < -0.4 is 9.30 Å². The van der Waals surface area contributed by atoms with E-state index in [4.69, 9.17) is 46.7 Å². The van der Waals surface area contributed by atoms with Crippen molar-refractivity contribution in [3.05, 3.63) is 222 Å². The summed E-state index contributed by atoms with van der Waals surface area (Å²) in [4.78, 5) is 4.78. The van der Waals surface area contributed by atoms with Crippen LogP contribution in [0, 0.1) is 13.2 Å². The van der Waals surface area contributed by atoms with Crippen LogP contribution in [-0.4, -0.2) is 14.1 Å². The number of aromatic nitrogens is 4. The largest absolute Gasteiger partial charge is 0.458 e. The van der Waals surface area contributed by atoms with Crippen molar-refractivity contribution in [2.75, 3.05) is 0 Å². The predicted octanol–water partition coefficient (Wildman–Crippen LogP) is 19.3. The third kappa shape index (κ3) is 8.67. The van der Waals surface area contributed by atoms with Crippen molar-refractivity contribution in [1.29, 1.82) is 0 Å². The lowest BCUT2D eigenvalue weighted by atomic mass is 9.62. The van der Waals surface area contributed by atoms with Gasteiger partial charge in [0, 0.05) is 71.0 Å². The fourth-order valence-electron chi connectivity index (χ4n) is 10.5. The number of fused-ring (bicyclic) bond motifs is 6. The summed E-state index contributed by atoms with van der Waals surface area (Å²) in [5, 5.41) is 1.64. The van der Waals surface area contributed by atoms with Gasteiger partial charge in [-0.1, -0.05) is 191 Å². The maximum Gasteiger partial charge on any atom is 0.269 e. The molecule has 5 heteroatoms. The highest BCUT2D eigenvalue weighted by Gasteiger charge is 2.39. The Balaban J connectivity index is 1.24. The van der Waals surface area contributed by atoms with E-state index in [1.165, 1.54) is 71.3 Å². The number of ether oxygens (including phenoxy) is 1. The number of aryl methyl sites for hydroxylation is 1. The highest BCUT2D eigenvalue weighted by Crippen LogP contribution is 2.50. The van der Waals surface area contributed by atoms with Crippen molar-refractivity contribution in [1.82, 2.24) is 14.1 Å². The molecule has 13 rings (SSSR count). The molecule has 2 aliphatic rings. The molecule has 2 aliphatic carbocycles. The lowest BCUT2D eigenvalue weighted by Gasteiger charge is -2.42. The second-order valence-electron chi connectivity index (χ2n) is 21.0. The number of rotatable bonds is 8. The number of hydrogen-bond acceptors (Lipinski definition) is 2. The SMILES string of the molecule is [2H]c1c([2H])c2c(c([2H])c1-c1cccc(-c3c([2H])c([2H])c4c(c3[2H])C(C([2H])([2H])[2H])(C([2H])([2H])[2H])C([2H])([2H])C([2H])([2H])C4(C([2H])([2H])[2H])C([2H])([2H])[2H])c1-[n+]1[c-]n(-c3cccc(Oc4ccc5c6ccccc6n(-c6cc(C(C)(C)C)ccn6)c5c4)c3)c3cc(-c4ccccc4C([2H])([2H])[2H])ccc31)C(C([2H])([2H])[2H])(C([2H])([2H])[2H])C([2H])([2H])C([2H])([2H])C2(C([2H])([2H])[2H])C([2H])([2H])[2H]. The Kier molecular flexibility index (Phi) is 5.38. The minimum Gasteiger partial charge on any atom is -0.458 e. The third-order valence-corrected chi connectivity index (χ3v) is 14.5. The van der Waals surface area contributed by atoms with Gasteiger partial charge in [-0.3, -0.25) is 13.7 Å². The standard InChI is InChI=1S/C75H74N4O/c1-48-19-13-14-22-56(48)51-29-34-66-68(43-51)77(53-20-17-21-54(45-53)80-55-30-31-60-59-23-15-16-26-65(59)79(67(60)46-55)69-44-52(35-40-76-69)71(2,3)4)47-78(66)70-57(49-27-32-61-63(41-49)74(9,10)38-36-72(61,5)6)24-18-25-58(70)50-28-33-62-64(42-50)75(11,12)39-37-73(62,7)8/h13-35,40-46H,36-39H2,1-12H3/i1D3,5D3,6D3,7D3,8D3,9D3,10D3,11D3,12D3,27D,28D,32D,33D,36D2,37D2,38D2,39D2,41D,42D. The summed E-state index contributed by atoms with van der Waals surface area (Å²) in [7, 11) is 0. The number of imidazole rings is 1. The molecule has 3 aromatic heterocycles. The van der Waals surface area contributed by atoms with Gasteiger partial charge in [-0.25, -0.2) is 4.98 Å². The Morgan fingerprint density at radius 1 is 0.562 bits per heavy atom. The van der Waals surface area contributed by atoms with E-state index in [9.17, 15) is 19.2 Å². The van der Waals surface area contributed by atoms with Crippen molar-refractivity contribution >= 4 is 32.8 Å². The van der Waals surface area contributed by atoms with Gasteiger partial charge in [-0.2, -0.15) is 0 Å². The summed E-state index contributed by atoms with van der Waals surface area (Å²) in [6.45, 7) is -33.5. The topological polar surface area (TPSA) is 35.9 Å². The smallest absolute Gasteiger partial charge is 0.269 e. The molecular weight excluding hydrogens is 973 g/mol. The van der Waals surface area contributed by atoms with Crippen LogP contribution in [0.15, 0.2) is 182 Å². The lowest BCUT2D eigenvalue weighted by Crippen LogP contribution is -2.34. The van der Waals surface area contributed by atoms with E-state index in [-0.39, 0.29) is 50.3 Å². The number of para-hydroxylation sites is 2. The second kappa shape index (κ2) is 18.5. The zero-order chi connectivity index (χ0) is 90.6. The van der Waals surface area contributed by atoms with Crippen molar-refractivity contribution < 1.29 is 65.5 Å². The normalized spacial score (nSPS) is 27.7. The molecule has 0 aliphatic heterocycles. The van der Waals surface area contributed by atoms with Crippen LogP contribution in [0.2, 0.25) is 0 Å². The van der Waals surface area contributed by atoms with Gasteiger partial charge in [0.15, 0.2) is 0 Å². The highest BCUT2D eigenvalue weighted by molar-refractivity contribution is 6.09. The molecule has 0 saturated heterocycles. The van der Waals surface area contributed by atoms with E-state index < -0.39 is 195 Å². The van der Waals surface area contributed by atoms with Crippen LogP contribution in [0.25, 0.3) is 83.4 Å². The first-order valence-electron chi connectivity index (χ1n) is 45.8. The zero-order valence-electron chi connectivity index (χ0n) is 84.1. The lowest BCUT2D eigenvalue weighted by molar-refractivity contribution is -0.571. The number of hydrogen-bond donors (Lipinski definition) is 0. The Bertz CT molecular complexity index is 5850. The maximum atomic E-state index is 10.5. The minimum atomic E-state index is -4.90. The Morgan fingerprint density at radius 2 is 1.18 bits per heavy atom. The van der Waals surface area contributed by atoms with Gasteiger partial charge in [-0.05, 0) is 181 Å². The fourth-order valence-corrected chi connectivity index (χ4v) is 10.5. The van der Waals surface area contributed by atoms with E-state index in [2.05, 4.69) is 6.33 Å². The molecular formula is C75H74N4O. The van der Waals surface area contributed by atoms with E-state index >= 15 is 0 Å². The molecule has 80 heavy (non-hydrogen) atoms. The maximum absolute atomic E-state index is 10.5. The second-order valence-corrected chi connectivity index (χ2v) is 21.0. The first-order chi connectivity index (χ1) is 55.0. The summed E-state index contributed by atoms with van der Waals surface area (Å²) >= 11 is 0. The van der Waals surface area contributed by atoms with Gasteiger partial charge in [0.1, 0.15) is 17.3 Å². The minimum absolute atomic E-state index is 0.00118. The van der Waals surface area contributed by atoms with E-state index in [0.29, 0.717) is 11.3 Å². The van der Waals surface area contributed by atoms with Gasteiger partial charge >= 0.3 is 0 Å². The Hall–Kier alpha value is -8.02. The molecule has 0 fully saturated rings. The van der Waals surface area contributed by atoms with Crippen LogP contribution in [0.3, 0.4) is 0 Å². The van der Waals surface area contributed by atoms with Crippen molar-refractivity contribution in [2.45, 2.75) is 135 Å². The monoisotopic (exact) mass is 1090 g/mol. The molecule has 0 atom stereocenters. The van der Waals surface area contributed by atoms with Gasteiger partial charge in [0.05, 0.1) is 41.7 Å². The van der Waals surface area contributed by atoms with Crippen LogP contribution in [-0.2, 0) is 27.1 Å². The molecule has 0 unspecified atom stereocenters. The average Bonchev–Trinajstić information content (AvgIpc) is 0.869. The first-order valence-corrected chi connectivity index (χ1v) is 25.3. The van der Waals surface area contributed by atoms with Crippen LogP contribution in [0.1, 0.15) is 191 Å². The molecule has 11 aromatic rings. The number of pyridine rings is 1. The zero-order valence-corrected chi connectivity index (χ0v) is 43.1. The number of benzene rings is 8. The quantitative estimate of drug-likeness (QED) is 0.112. The van der Waals surface area contributed by atoms with Crippen molar-refractivity contribution in [3.63, 3.8) is 0 Å². The van der Waals surface area contributed by atoms with Gasteiger partial charge in [0.2, 0.25) is 0 Å². The van der Waals surface area contributed by atoms with E-state index in [1.807, 2.05) is 67.8 Å². The molecule has 5 nitrogen and oxygen atoms in total. The highest BCUT2D eigenvalue weighted by atomic mass is 16.5. The molecule has 0 amide bonds. The molecule has 0 bridgehead atoms. The summed E-state index contributed by atoms with van der Waals surface area (Å²) < 4.78 is 392. The van der Waals surface area contributed by atoms with E-state index in [1.54, 1.807) is 18.3 Å². The molecule has 0 spiro atoms. The summed E-state index contributed by atoms with van der Waals surface area (Å²) in [6.07, 6.45) is -14.7. The van der Waals surface area contributed by atoms with Gasteiger partial charge in [-0.15, -0.1) is 0 Å². The van der Waals surface area contributed by atoms with Crippen molar-refractivity contribution in [3.8, 4) is 62.1 Å². The molecule has 0 saturated carbocycles. The van der Waals surface area contributed by atoms with Gasteiger partial charge < -0.3 is 4.74 Å². The summed E-state index contributed by atoms with van der Waals surface area (Å²) in [5.41, 5.74) is -30.9. The molecule has 0 radical (unpaired) electrons. The summed E-state index contributed by atoms with van der Waals surface area (Å²) in [6, 6.07) is 24.2. The average molecular weight is 1090 g/mol. The molecule has 0 N–H and O–H groups in total. The molecule has 3 heterocycles. The van der Waals surface area contributed by atoms with Crippen LogP contribution in [0.4, 0.5) is 0 Å². The first kappa shape index (κ1) is 23.2. The number of nitrogens with zero attached hydrogens (tertiary/aromatic N) is 4. The Morgan fingerprint density at radius 3 is 1.85 bits per heavy atom. The fraction of sp³-hybridized carbons (Fsp3) is 0.280. The van der Waals surface area contributed by atoms with Crippen molar-refractivity contribution in [2.24, 2.45) is 0 Å².